The highest BCUT2D eigenvalue weighted by Crippen LogP contribution is 2.25. The average Bonchev–Trinajstić information content (AvgIpc) is 2.87. The summed E-state index contributed by atoms with van der Waals surface area (Å²) in [6, 6.07) is 12.9. The Morgan fingerprint density at radius 3 is 2.65 bits per heavy atom. The van der Waals surface area contributed by atoms with Crippen LogP contribution in [-0.4, -0.2) is 10.8 Å². The minimum absolute atomic E-state index is 0.00964. The number of nitrogens with zero attached hydrogens (tertiary/aromatic N) is 1. The van der Waals surface area contributed by atoms with E-state index in [0.717, 1.165) is 15.8 Å². The Kier molecular flexibility index (Phi) is 3.74. The van der Waals surface area contributed by atoms with E-state index in [1.165, 1.54) is 11.3 Å². The van der Waals surface area contributed by atoms with Crippen LogP contribution in [0.15, 0.2) is 42.5 Å². The van der Waals surface area contributed by atoms with Crippen molar-refractivity contribution in [1.29, 1.82) is 0 Å². The van der Waals surface area contributed by atoms with E-state index in [4.69, 9.17) is 23.2 Å². The largest absolute Gasteiger partial charge is 0.291 e. The Morgan fingerprint density at radius 2 is 1.90 bits per heavy atom. The van der Waals surface area contributed by atoms with Gasteiger partial charge >= 0.3 is 0 Å². The molecule has 3 aromatic rings. The van der Waals surface area contributed by atoms with Crippen LogP contribution in [0.25, 0.3) is 10.2 Å². The van der Waals surface area contributed by atoms with Gasteiger partial charge in [-0.3, -0.25) is 4.79 Å². The summed E-state index contributed by atoms with van der Waals surface area (Å²) in [5.41, 5.74) is 1.69. The van der Waals surface area contributed by atoms with Gasteiger partial charge < -0.3 is 0 Å². The molecule has 0 saturated heterocycles. The molecular weight excluding hydrogens is 313 g/mol. The molecule has 0 aliphatic rings. The number of benzene rings is 2. The number of hydrogen-bond donors (Lipinski definition) is 0. The Bertz CT molecular complexity index is 764. The van der Waals surface area contributed by atoms with Gasteiger partial charge in [0.25, 0.3) is 0 Å². The molecule has 0 N–H and O–H groups in total. The second-order valence-electron chi connectivity index (χ2n) is 4.34. The van der Waals surface area contributed by atoms with Crippen LogP contribution >= 0.6 is 34.5 Å². The minimum Gasteiger partial charge on any atom is -0.291 e. The number of carbonyl (C=O) groups excluding carboxylic acids is 1. The van der Waals surface area contributed by atoms with E-state index >= 15 is 0 Å². The maximum absolute atomic E-state index is 12.3. The smallest absolute Gasteiger partial charge is 0.195 e. The summed E-state index contributed by atoms with van der Waals surface area (Å²) >= 11 is 13.2. The van der Waals surface area contributed by atoms with Crippen LogP contribution < -0.4 is 0 Å². The third kappa shape index (κ3) is 2.70. The van der Waals surface area contributed by atoms with E-state index in [2.05, 4.69) is 4.98 Å². The number of hydrogen-bond acceptors (Lipinski definition) is 3. The molecule has 1 aromatic heterocycles. The summed E-state index contributed by atoms with van der Waals surface area (Å²) in [6.45, 7) is 0. The van der Waals surface area contributed by atoms with Crippen molar-refractivity contribution in [2.45, 2.75) is 6.42 Å². The average molecular weight is 322 g/mol. The predicted octanol–water partition coefficient (Wildman–Crippen LogP) is 5.03. The third-order valence-corrected chi connectivity index (χ3v) is 4.70. The lowest BCUT2D eigenvalue weighted by Crippen LogP contribution is -2.02. The van der Waals surface area contributed by atoms with Gasteiger partial charge in [0.2, 0.25) is 0 Å². The number of carbonyl (C=O) groups is 1. The van der Waals surface area contributed by atoms with E-state index in [1.54, 1.807) is 18.2 Å². The number of Topliss-reactive ketones (excluding diaryl/α,β-unsaturated/α-hetero) is 1. The van der Waals surface area contributed by atoms with Crippen LogP contribution in [0, 0.1) is 0 Å². The molecular formula is C15H9Cl2NOS. The zero-order valence-corrected chi connectivity index (χ0v) is 12.6. The Morgan fingerprint density at radius 1 is 1.10 bits per heavy atom. The zero-order chi connectivity index (χ0) is 14.1. The molecule has 0 aliphatic carbocycles. The molecule has 1 heterocycles. The number of halogens is 2. The van der Waals surface area contributed by atoms with Crippen LogP contribution in [0.5, 0.6) is 0 Å². The van der Waals surface area contributed by atoms with Gasteiger partial charge in [-0.15, -0.1) is 11.3 Å². The van der Waals surface area contributed by atoms with E-state index in [-0.39, 0.29) is 12.2 Å². The molecule has 0 bridgehead atoms. The topological polar surface area (TPSA) is 30.0 Å². The molecule has 20 heavy (non-hydrogen) atoms. The molecule has 3 rings (SSSR count). The molecule has 2 aromatic carbocycles. The molecule has 0 spiro atoms. The molecule has 0 unspecified atom stereocenters. The zero-order valence-electron chi connectivity index (χ0n) is 10.3. The van der Waals surface area contributed by atoms with E-state index < -0.39 is 0 Å². The van der Waals surface area contributed by atoms with Crippen molar-refractivity contribution in [3.63, 3.8) is 0 Å². The fourth-order valence-electron chi connectivity index (χ4n) is 1.90. The normalized spacial score (nSPS) is 10.9. The first-order chi connectivity index (χ1) is 9.63. The van der Waals surface area contributed by atoms with Crippen LogP contribution in [-0.2, 0) is 6.42 Å². The summed E-state index contributed by atoms with van der Waals surface area (Å²) in [4.78, 5) is 16.6. The van der Waals surface area contributed by atoms with Gasteiger partial charge in [0.05, 0.1) is 20.3 Å². The fourth-order valence-corrected chi connectivity index (χ4v) is 3.13. The SMILES string of the molecule is O=C(Cc1ccc(Cl)c(Cl)c1)c1nc2ccccc2s1. The Labute approximate surface area is 130 Å². The monoisotopic (exact) mass is 321 g/mol. The van der Waals surface area contributed by atoms with Crippen LogP contribution in [0.3, 0.4) is 0 Å². The first-order valence-electron chi connectivity index (χ1n) is 5.96. The Balaban J connectivity index is 1.86. The highest BCUT2D eigenvalue weighted by atomic mass is 35.5. The van der Waals surface area contributed by atoms with Gasteiger partial charge in [-0.2, -0.15) is 0 Å². The van der Waals surface area contributed by atoms with Crippen LogP contribution in [0.2, 0.25) is 10.0 Å². The summed E-state index contributed by atoms with van der Waals surface area (Å²) in [5, 5.41) is 1.47. The molecule has 5 heteroatoms. The predicted molar refractivity (Wildman–Crippen MR) is 84.1 cm³/mol. The molecule has 0 saturated carbocycles. The number of para-hydroxylation sites is 1. The molecule has 100 valence electrons. The molecule has 0 radical (unpaired) electrons. The summed E-state index contributed by atoms with van der Waals surface area (Å²) in [5.74, 6) is -0.00964. The lowest BCUT2D eigenvalue weighted by Gasteiger charge is -2.01. The summed E-state index contributed by atoms with van der Waals surface area (Å²) in [7, 11) is 0. The van der Waals surface area contributed by atoms with Gasteiger partial charge in [-0.1, -0.05) is 41.4 Å². The van der Waals surface area contributed by atoms with E-state index in [9.17, 15) is 4.79 Å². The molecule has 0 atom stereocenters. The van der Waals surface area contributed by atoms with Crippen molar-refractivity contribution < 1.29 is 4.79 Å². The second-order valence-corrected chi connectivity index (χ2v) is 6.18. The van der Waals surface area contributed by atoms with Gasteiger partial charge in [0.1, 0.15) is 0 Å². The first-order valence-corrected chi connectivity index (χ1v) is 7.53. The number of aromatic nitrogens is 1. The molecule has 2 nitrogen and oxygen atoms in total. The second kappa shape index (κ2) is 5.52. The quantitative estimate of drug-likeness (QED) is 0.633. The van der Waals surface area contributed by atoms with Crippen molar-refractivity contribution in [2.75, 3.05) is 0 Å². The van der Waals surface area contributed by atoms with Crippen LogP contribution in [0.4, 0.5) is 0 Å². The molecule has 0 fully saturated rings. The fraction of sp³-hybridized carbons (Fsp3) is 0.0667. The van der Waals surface area contributed by atoms with Crippen molar-refractivity contribution in [3.05, 3.63) is 63.1 Å². The van der Waals surface area contributed by atoms with Gasteiger partial charge in [-0.05, 0) is 29.8 Å². The maximum atomic E-state index is 12.3. The van der Waals surface area contributed by atoms with Crippen molar-refractivity contribution in [1.82, 2.24) is 4.98 Å². The van der Waals surface area contributed by atoms with Crippen molar-refractivity contribution >= 4 is 50.5 Å². The van der Waals surface area contributed by atoms with E-state index in [1.807, 2.05) is 24.3 Å². The minimum atomic E-state index is -0.00964. The number of ketones is 1. The lowest BCUT2D eigenvalue weighted by molar-refractivity contribution is 0.0993. The summed E-state index contributed by atoms with van der Waals surface area (Å²) < 4.78 is 1.02. The molecule has 0 amide bonds. The highest BCUT2D eigenvalue weighted by molar-refractivity contribution is 7.20. The number of thiazole rings is 1. The number of rotatable bonds is 3. The summed E-state index contributed by atoms with van der Waals surface area (Å²) in [6.07, 6.45) is 0.275. The van der Waals surface area contributed by atoms with Gasteiger partial charge in [0.15, 0.2) is 10.8 Å². The van der Waals surface area contributed by atoms with Crippen LogP contribution in [0.1, 0.15) is 15.4 Å². The maximum Gasteiger partial charge on any atom is 0.195 e. The van der Waals surface area contributed by atoms with Crippen molar-refractivity contribution in [3.8, 4) is 0 Å². The highest BCUT2D eigenvalue weighted by Gasteiger charge is 2.13. The van der Waals surface area contributed by atoms with Gasteiger partial charge in [0, 0.05) is 6.42 Å². The molecule has 0 aliphatic heterocycles. The lowest BCUT2D eigenvalue weighted by atomic mass is 10.1. The number of fused-ring (bicyclic) bond motifs is 1. The Hall–Kier alpha value is -1.42. The van der Waals surface area contributed by atoms with Gasteiger partial charge in [-0.25, -0.2) is 4.98 Å². The first kappa shape index (κ1) is 13.6. The van der Waals surface area contributed by atoms with Crippen molar-refractivity contribution in [2.24, 2.45) is 0 Å². The third-order valence-electron chi connectivity index (χ3n) is 2.88. The van der Waals surface area contributed by atoms with E-state index in [0.29, 0.717) is 15.1 Å². The standard InChI is InChI=1S/C15H9Cl2NOS/c16-10-6-5-9(7-11(10)17)8-13(19)15-18-12-3-1-2-4-14(12)20-15/h1-7H,8H2.